The highest BCUT2D eigenvalue weighted by molar-refractivity contribution is 5.61. The first-order valence-corrected chi connectivity index (χ1v) is 6.24. The van der Waals surface area contributed by atoms with Crippen LogP contribution in [-0.4, -0.2) is 9.78 Å². The van der Waals surface area contributed by atoms with E-state index in [0.717, 1.165) is 17.2 Å². The fraction of sp³-hybridized carbons (Fsp3) is 0.0625. The smallest absolute Gasteiger partial charge is 0.159 e. The summed E-state index contributed by atoms with van der Waals surface area (Å²) >= 11 is 0. The second-order valence-electron chi connectivity index (χ2n) is 4.54. The highest BCUT2D eigenvalue weighted by Crippen LogP contribution is 2.18. The zero-order valence-electron chi connectivity index (χ0n) is 10.6. The molecule has 100 valence electrons. The Bertz CT molecular complexity index is 720. The monoisotopic (exact) mass is 270 g/mol. The van der Waals surface area contributed by atoms with Crippen molar-refractivity contribution in [2.24, 2.45) is 0 Å². The molecule has 1 aromatic heterocycles. The van der Waals surface area contributed by atoms with Gasteiger partial charge in [0, 0.05) is 11.8 Å². The van der Waals surface area contributed by atoms with E-state index in [1.807, 2.05) is 36.5 Å². The van der Waals surface area contributed by atoms with Crippen molar-refractivity contribution in [3.8, 4) is 11.1 Å². The van der Waals surface area contributed by atoms with Gasteiger partial charge in [-0.05, 0) is 23.3 Å². The molecule has 2 aromatic carbocycles. The third kappa shape index (κ3) is 2.59. The number of rotatable bonds is 3. The van der Waals surface area contributed by atoms with Gasteiger partial charge >= 0.3 is 0 Å². The predicted molar refractivity (Wildman–Crippen MR) is 73.1 cm³/mol. The predicted octanol–water partition coefficient (Wildman–Crippen LogP) is 3.88. The number of halogens is 2. The van der Waals surface area contributed by atoms with Crippen LogP contribution in [0, 0.1) is 11.6 Å². The van der Waals surface area contributed by atoms with Crippen LogP contribution in [0.15, 0.2) is 60.9 Å². The lowest BCUT2D eigenvalue weighted by Gasteiger charge is -2.02. The molecule has 3 aromatic rings. The highest BCUT2D eigenvalue weighted by atomic mass is 19.2. The van der Waals surface area contributed by atoms with Crippen molar-refractivity contribution in [2.45, 2.75) is 6.54 Å². The summed E-state index contributed by atoms with van der Waals surface area (Å²) in [5.41, 5.74) is 2.74. The maximum Gasteiger partial charge on any atom is 0.159 e. The summed E-state index contributed by atoms with van der Waals surface area (Å²) in [5, 5.41) is 4.24. The molecule has 0 aliphatic carbocycles. The summed E-state index contributed by atoms with van der Waals surface area (Å²) in [6, 6.07) is 13.8. The van der Waals surface area contributed by atoms with E-state index in [4.69, 9.17) is 0 Å². The summed E-state index contributed by atoms with van der Waals surface area (Å²) in [7, 11) is 0. The summed E-state index contributed by atoms with van der Waals surface area (Å²) < 4.78 is 27.7. The first-order chi connectivity index (χ1) is 9.72. The van der Waals surface area contributed by atoms with E-state index in [0.29, 0.717) is 12.1 Å². The van der Waals surface area contributed by atoms with Crippen LogP contribution in [0.25, 0.3) is 11.1 Å². The first-order valence-electron chi connectivity index (χ1n) is 6.24. The number of benzene rings is 2. The van der Waals surface area contributed by atoms with Gasteiger partial charge in [-0.2, -0.15) is 5.10 Å². The summed E-state index contributed by atoms with van der Waals surface area (Å²) in [5.74, 6) is -1.67. The molecule has 1 heterocycles. The second-order valence-corrected chi connectivity index (χ2v) is 4.54. The molecule has 0 saturated heterocycles. The van der Waals surface area contributed by atoms with Crippen molar-refractivity contribution in [1.82, 2.24) is 9.78 Å². The van der Waals surface area contributed by atoms with Gasteiger partial charge in [0.1, 0.15) is 0 Å². The Morgan fingerprint density at radius 2 is 1.70 bits per heavy atom. The van der Waals surface area contributed by atoms with Crippen LogP contribution < -0.4 is 0 Å². The lowest BCUT2D eigenvalue weighted by molar-refractivity contribution is 0.506. The fourth-order valence-electron chi connectivity index (χ4n) is 2.05. The molecule has 0 unspecified atom stereocenters. The summed E-state index contributed by atoms with van der Waals surface area (Å²) in [6.07, 6.45) is 3.64. The van der Waals surface area contributed by atoms with Crippen LogP contribution in [0.4, 0.5) is 8.78 Å². The molecule has 20 heavy (non-hydrogen) atoms. The van der Waals surface area contributed by atoms with E-state index < -0.39 is 11.6 Å². The van der Waals surface area contributed by atoms with Gasteiger partial charge in [0.15, 0.2) is 11.6 Å². The third-order valence-corrected chi connectivity index (χ3v) is 3.07. The average molecular weight is 270 g/mol. The molecule has 4 heteroatoms. The minimum absolute atomic E-state index is 0.407. The third-order valence-electron chi connectivity index (χ3n) is 3.07. The maximum atomic E-state index is 13.1. The SMILES string of the molecule is Fc1ccc(Cn2cc(-c3ccccc3)cn2)cc1F. The van der Waals surface area contributed by atoms with Crippen LogP contribution >= 0.6 is 0 Å². The normalized spacial score (nSPS) is 10.7. The molecule has 0 aliphatic rings. The van der Waals surface area contributed by atoms with E-state index in [1.165, 1.54) is 6.07 Å². The van der Waals surface area contributed by atoms with Crippen LogP contribution in [0.1, 0.15) is 5.56 Å². The van der Waals surface area contributed by atoms with Crippen LogP contribution in [-0.2, 0) is 6.54 Å². The van der Waals surface area contributed by atoms with Crippen molar-refractivity contribution >= 4 is 0 Å². The molecule has 0 atom stereocenters. The van der Waals surface area contributed by atoms with E-state index in [2.05, 4.69) is 5.10 Å². The van der Waals surface area contributed by atoms with Gasteiger partial charge < -0.3 is 0 Å². The average Bonchev–Trinajstić information content (AvgIpc) is 2.92. The number of hydrogen-bond donors (Lipinski definition) is 0. The number of nitrogens with zero attached hydrogens (tertiary/aromatic N) is 2. The molecule has 0 radical (unpaired) electrons. The standard InChI is InChI=1S/C16H12F2N2/c17-15-7-6-12(8-16(15)18)10-20-11-14(9-19-20)13-4-2-1-3-5-13/h1-9,11H,10H2. The Morgan fingerprint density at radius 1 is 0.900 bits per heavy atom. The minimum Gasteiger partial charge on any atom is -0.268 e. The van der Waals surface area contributed by atoms with Crippen LogP contribution in [0.5, 0.6) is 0 Å². The molecule has 0 amide bonds. The molecular weight excluding hydrogens is 258 g/mol. The molecule has 0 aliphatic heterocycles. The van der Waals surface area contributed by atoms with Gasteiger partial charge in [-0.25, -0.2) is 8.78 Å². The Labute approximate surface area is 115 Å². The first kappa shape index (κ1) is 12.5. The van der Waals surface area contributed by atoms with Gasteiger partial charge in [-0.1, -0.05) is 36.4 Å². The topological polar surface area (TPSA) is 17.8 Å². The van der Waals surface area contributed by atoms with Gasteiger partial charge in [0.05, 0.1) is 12.7 Å². The molecule has 0 bridgehead atoms. The quantitative estimate of drug-likeness (QED) is 0.706. The molecule has 3 rings (SSSR count). The summed E-state index contributed by atoms with van der Waals surface area (Å²) in [4.78, 5) is 0. The van der Waals surface area contributed by atoms with Crippen molar-refractivity contribution in [3.05, 3.63) is 78.1 Å². The fourth-order valence-corrected chi connectivity index (χ4v) is 2.05. The molecule has 2 nitrogen and oxygen atoms in total. The van der Waals surface area contributed by atoms with Crippen molar-refractivity contribution in [3.63, 3.8) is 0 Å². The van der Waals surface area contributed by atoms with Crippen LogP contribution in [0.3, 0.4) is 0 Å². The Morgan fingerprint density at radius 3 is 2.45 bits per heavy atom. The van der Waals surface area contributed by atoms with Gasteiger partial charge in [0.2, 0.25) is 0 Å². The van der Waals surface area contributed by atoms with E-state index in [1.54, 1.807) is 16.9 Å². The van der Waals surface area contributed by atoms with Crippen molar-refractivity contribution in [1.29, 1.82) is 0 Å². The molecular formula is C16H12F2N2. The Hall–Kier alpha value is -2.49. The van der Waals surface area contributed by atoms with Gasteiger partial charge in [0.25, 0.3) is 0 Å². The molecule has 0 saturated carbocycles. The van der Waals surface area contributed by atoms with E-state index in [-0.39, 0.29) is 0 Å². The van der Waals surface area contributed by atoms with Crippen molar-refractivity contribution < 1.29 is 8.78 Å². The van der Waals surface area contributed by atoms with Gasteiger partial charge in [-0.3, -0.25) is 4.68 Å². The lowest BCUT2D eigenvalue weighted by Crippen LogP contribution is -2.00. The number of hydrogen-bond acceptors (Lipinski definition) is 1. The minimum atomic E-state index is -0.835. The second kappa shape index (κ2) is 5.25. The van der Waals surface area contributed by atoms with Gasteiger partial charge in [-0.15, -0.1) is 0 Å². The summed E-state index contributed by atoms with van der Waals surface area (Å²) in [6.45, 7) is 0.407. The zero-order chi connectivity index (χ0) is 13.9. The maximum absolute atomic E-state index is 13.1. The Balaban J connectivity index is 1.82. The van der Waals surface area contributed by atoms with Crippen LogP contribution in [0.2, 0.25) is 0 Å². The highest BCUT2D eigenvalue weighted by Gasteiger charge is 2.05. The lowest BCUT2D eigenvalue weighted by atomic mass is 10.1. The zero-order valence-corrected chi connectivity index (χ0v) is 10.6. The van der Waals surface area contributed by atoms with Crippen molar-refractivity contribution in [2.75, 3.05) is 0 Å². The molecule has 0 spiro atoms. The molecule has 0 fully saturated rings. The largest absolute Gasteiger partial charge is 0.268 e. The molecule has 0 N–H and O–H groups in total. The van der Waals surface area contributed by atoms with E-state index in [9.17, 15) is 8.78 Å². The number of aromatic nitrogens is 2. The Kier molecular flexibility index (Phi) is 3.29. The van der Waals surface area contributed by atoms with E-state index >= 15 is 0 Å².